The molecule has 0 radical (unpaired) electrons. The summed E-state index contributed by atoms with van der Waals surface area (Å²) in [5.41, 5.74) is 3.30. The van der Waals surface area contributed by atoms with Crippen LogP contribution in [0, 0.1) is 6.92 Å². The van der Waals surface area contributed by atoms with E-state index in [0.717, 1.165) is 23.9 Å². The second-order valence-electron chi connectivity index (χ2n) is 5.64. The van der Waals surface area contributed by atoms with Gasteiger partial charge in [-0.25, -0.2) is 0 Å². The van der Waals surface area contributed by atoms with Crippen LogP contribution in [0.4, 0.5) is 0 Å². The molecule has 3 aromatic rings. The molecule has 1 aliphatic rings. The number of hydrogen-bond donors (Lipinski definition) is 0. The van der Waals surface area contributed by atoms with Crippen molar-refractivity contribution in [3.8, 4) is 11.1 Å². The summed E-state index contributed by atoms with van der Waals surface area (Å²) in [4.78, 5) is 0.274. The molecule has 0 saturated heterocycles. The number of fused-ring (bicyclic) bond motifs is 3. The van der Waals surface area contributed by atoms with Crippen LogP contribution in [0.25, 0.3) is 11.1 Å². The van der Waals surface area contributed by atoms with Crippen LogP contribution in [0.1, 0.15) is 5.56 Å². The van der Waals surface area contributed by atoms with Crippen LogP contribution in [0.15, 0.2) is 80.3 Å². The van der Waals surface area contributed by atoms with E-state index in [1.165, 1.54) is 0 Å². The van der Waals surface area contributed by atoms with E-state index >= 15 is 0 Å². The van der Waals surface area contributed by atoms with Gasteiger partial charge in [0.15, 0.2) is 0 Å². The Balaban J connectivity index is 1.93. The molecule has 120 valence electrons. The van der Waals surface area contributed by atoms with E-state index in [9.17, 15) is 8.42 Å². The Kier molecular flexibility index (Phi) is 3.88. The molecule has 0 atom stereocenters. The van der Waals surface area contributed by atoms with E-state index in [2.05, 4.69) is 14.7 Å². The first-order valence-corrected chi connectivity index (χ1v) is 12.3. The number of nitrogens with zero attached hydrogens (tertiary/aromatic N) is 1. The van der Waals surface area contributed by atoms with E-state index in [1.54, 1.807) is 12.1 Å². The van der Waals surface area contributed by atoms with E-state index in [-0.39, 0.29) is 4.90 Å². The third-order valence-electron chi connectivity index (χ3n) is 3.97. The standard InChI is InChI=1S/C19H15NO2STe/c1-14-10-12-15(13-11-14)23(21,22)20-24-18-8-4-2-6-16(18)17-7-3-5-9-19(17)24/h2-13H,1H3. The first-order valence-electron chi connectivity index (χ1n) is 7.54. The van der Waals surface area contributed by atoms with Crippen molar-refractivity contribution in [3.63, 3.8) is 0 Å². The second-order valence-corrected chi connectivity index (χ2v) is 12.6. The topological polar surface area (TPSA) is 46.5 Å². The first kappa shape index (κ1) is 15.7. The predicted molar refractivity (Wildman–Crippen MR) is 97.7 cm³/mol. The monoisotopic (exact) mass is 451 g/mol. The van der Waals surface area contributed by atoms with Crippen LogP contribution in [0.5, 0.6) is 0 Å². The summed E-state index contributed by atoms with van der Waals surface area (Å²) in [6.45, 7) is 1.94. The molecule has 0 bridgehead atoms. The van der Waals surface area contributed by atoms with Gasteiger partial charge in [0.1, 0.15) is 0 Å². The molecule has 1 heterocycles. The number of rotatable bonds is 2. The van der Waals surface area contributed by atoms with Crippen molar-refractivity contribution in [1.82, 2.24) is 0 Å². The van der Waals surface area contributed by atoms with Crippen LogP contribution in [-0.2, 0) is 10.0 Å². The Bertz CT molecular complexity index is 1020. The SMILES string of the molecule is Cc1ccc(S(=O)(=O)N=[Te]2c3ccccc3-c3ccccc32)cc1. The van der Waals surface area contributed by atoms with Crippen LogP contribution in [0.3, 0.4) is 0 Å². The number of hydrogen-bond acceptors (Lipinski definition) is 2. The van der Waals surface area contributed by atoms with Crippen LogP contribution < -0.4 is 7.22 Å². The molecule has 0 fully saturated rings. The summed E-state index contributed by atoms with van der Waals surface area (Å²) < 4.78 is 32.2. The van der Waals surface area contributed by atoms with E-state index in [0.29, 0.717) is 0 Å². The summed E-state index contributed by atoms with van der Waals surface area (Å²) in [6.07, 6.45) is 0. The van der Waals surface area contributed by atoms with Crippen molar-refractivity contribution in [3.05, 3.63) is 78.4 Å². The van der Waals surface area contributed by atoms with Crippen molar-refractivity contribution >= 4 is 36.6 Å². The third kappa shape index (κ3) is 2.63. The van der Waals surface area contributed by atoms with Gasteiger partial charge < -0.3 is 0 Å². The fourth-order valence-electron chi connectivity index (χ4n) is 2.77. The van der Waals surface area contributed by atoms with Gasteiger partial charge in [0.25, 0.3) is 0 Å². The molecule has 0 aliphatic carbocycles. The maximum atomic E-state index is 12.8. The van der Waals surface area contributed by atoms with E-state index in [4.69, 9.17) is 0 Å². The summed E-state index contributed by atoms with van der Waals surface area (Å²) in [5, 5.41) is 0. The zero-order valence-corrected chi connectivity index (χ0v) is 16.2. The van der Waals surface area contributed by atoms with Gasteiger partial charge in [0.2, 0.25) is 0 Å². The van der Waals surface area contributed by atoms with Crippen molar-refractivity contribution < 1.29 is 8.42 Å². The van der Waals surface area contributed by atoms with Crippen molar-refractivity contribution in [2.75, 3.05) is 0 Å². The van der Waals surface area contributed by atoms with Crippen LogP contribution >= 0.6 is 0 Å². The molecule has 24 heavy (non-hydrogen) atoms. The van der Waals surface area contributed by atoms with Gasteiger partial charge in [-0.05, 0) is 0 Å². The zero-order chi connectivity index (χ0) is 16.7. The van der Waals surface area contributed by atoms with Crippen molar-refractivity contribution in [2.24, 2.45) is 2.59 Å². The Morgan fingerprint density at radius 2 is 1.25 bits per heavy atom. The Hall–Kier alpha value is -1.80. The third-order valence-corrected chi connectivity index (χ3v) is 12.6. The van der Waals surface area contributed by atoms with Gasteiger partial charge in [-0.3, -0.25) is 0 Å². The minimum absolute atomic E-state index is 0.274. The predicted octanol–water partition coefficient (Wildman–Crippen LogP) is 2.74. The molecule has 5 heteroatoms. The molecule has 0 unspecified atom stereocenters. The molecule has 3 nitrogen and oxygen atoms in total. The Labute approximate surface area is 148 Å². The summed E-state index contributed by atoms with van der Waals surface area (Å²) in [6, 6.07) is 23.0. The average Bonchev–Trinajstić information content (AvgIpc) is 2.90. The molecular weight excluding hydrogens is 434 g/mol. The molecule has 0 N–H and O–H groups in total. The van der Waals surface area contributed by atoms with Gasteiger partial charge in [0.05, 0.1) is 0 Å². The summed E-state index contributed by atoms with van der Waals surface area (Å²) in [7, 11) is -3.65. The fourth-order valence-corrected chi connectivity index (χ4v) is 11.5. The zero-order valence-electron chi connectivity index (χ0n) is 13.0. The maximum absolute atomic E-state index is 12.8. The van der Waals surface area contributed by atoms with Gasteiger partial charge in [-0.2, -0.15) is 0 Å². The Morgan fingerprint density at radius 3 is 1.79 bits per heavy atom. The first-order chi connectivity index (χ1) is 11.6. The van der Waals surface area contributed by atoms with Crippen molar-refractivity contribution in [1.29, 1.82) is 0 Å². The number of aryl methyl sites for hydroxylation is 1. The molecular formula is C19H15NO2STe. The molecule has 0 amide bonds. The Morgan fingerprint density at radius 1 is 0.750 bits per heavy atom. The second kappa shape index (κ2) is 5.93. The van der Waals surface area contributed by atoms with Crippen molar-refractivity contribution in [2.45, 2.75) is 11.8 Å². The molecule has 0 spiro atoms. The van der Waals surface area contributed by atoms with Crippen LogP contribution in [-0.4, -0.2) is 27.8 Å². The normalized spacial score (nSPS) is 13.4. The summed E-state index contributed by atoms with van der Waals surface area (Å²) in [5.74, 6) is 0. The fraction of sp³-hybridized carbons (Fsp3) is 0.0526. The molecule has 1 aliphatic heterocycles. The number of sulfonamides is 1. The van der Waals surface area contributed by atoms with Gasteiger partial charge in [-0.15, -0.1) is 0 Å². The quantitative estimate of drug-likeness (QED) is 0.443. The molecule has 0 saturated carbocycles. The van der Waals surface area contributed by atoms with Crippen LogP contribution in [0.2, 0.25) is 0 Å². The minimum atomic E-state index is -3.65. The number of benzene rings is 3. The summed E-state index contributed by atoms with van der Waals surface area (Å²) >= 11 is -2.52. The van der Waals surface area contributed by atoms with Gasteiger partial charge in [0, 0.05) is 0 Å². The average molecular weight is 449 g/mol. The van der Waals surface area contributed by atoms with Gasteiger partial charge in [-0.1, -0.05) is 0 Å². The van der Waals surface area contributed by atoms with Gasteiger partial charge >= 0.3 is 149 Å². The van der Waals surface area contributed by atoms with E-state index < -0.39 is 29.4 Å². The molecule has 4 rings (SSSR count). The molecule has 3 aromatic carbocycles. The van der Waals surface area contributed by atoms with E-state index in [1.807, 2.05) is 55.5 Å². The molecule has 0 aromatic heterocycles.